The van der Waals surface area contributed by atoms with Crippen molar-refractivity contribution in [2.75, 3.05) is 43.4 Å². The summed E-state index contributed by atoms with van der Waals surface area (Å²) in [7, 11) is 0. The first-order valence-electron chi connectivity index (χ1n) is 26.1. The summed E-state index contributed by atoms with van der Waals surface area (Å²) in [6.45, 7) is 13.3. The molecule has 3 aromatic heterocycles. The van der Waals surface area contributed by atoms with Crippen LogP contribution in [0.1, 0.15) is 98.5 Å². The monoisotopic (exact) mass is 1050 g/mol. The lowest BCUT2D eigenvalue weighted by Crippen LogP contribution is -2.57. The van der Waals surface area contributed by atoms with Crippen LogP contribution in [0.15, 0.2) is 109 Å². The summed E-state index contributed by atoms with van der Waals surface area (Å²) in [4.78, 5) is 91.6. The number of β-amino-alcohol motifs (C(OH)–C–C–N with tert-alkyl or cyclic N) is 1. The highest BCUT2D eigenvalue weighted by Gasteiger charge is 2.44. The minimum atomic E-state index is -0.893. The predicted octanol–water partition coefficient (Wildman–Crippen LogP) is 8.07. The van der Waals surface area contributed by atoms with Gasteiger partial charge in [-0.3, -0.25) is 33.9 Å². The number of carbonyl (C=O) groups excluding carboxylic acids is 5. The van der Waals surface area contributed by atoms with Crippen molar-refractivity contribution in [3.05, 3.63) is 137 Å². The number of hydrogen-bond acceptors (Lipinski definition) is 13. The number of pyridine rings is 1. The van der Waals surface area contributed by atoms with E-state index in [-0.39, 0.29) is 49.6 Å². The molecule has 2 aliphatic rings. The maximum Gasteiger partial charge on any atom is 0.255 e. The SMILES string of the molecule is Cc1ccc(NC(=O)c2ccc(CN3CCN(C(=O)CCCCCCC(=O)NC(C(=O)N4CC(O)CC4C(=O)NCc4ccc(-c5scnc5C)cc4)C(C)(C)C)CC3)cc2)cc1Nc1nccc(-c2cccnc2)n1. The number of nitrogens with zero attached hydrogens (tertiary/aromatic N) is 7. The van der Waals surface area contributed by atoms with Crippen LogP contribution < -0.4 is 21.3 Å². The van der Waals surface area contributed by atoms with Gasteiger partial charge in [0.05, 0.1) is 27.9 Å². The fourth-order valence-electron chi connectivity index (χ4n) is 9.51. The van der Waals surface area contributed by atoms with Crippen LogP contribution in [0.3, 0.4) is 0 Å². The van der Waals surface area contributed by atoms with Crippen LogP contribution in [0, 0.1) is 19.3 Å². The Hall–Kier alpha value is -7.41. The van der Waals surface area contributed by atoms with Gasteiger partial charge >= 0.3 is 0 Å². The van der Waals surface area contributed by atoms with Crippen molar-refractivity contribution in [1.29, 1.82) is 0 Å². The molecular weight excluding hydrogens is 979 g/mol. The number of thiazole rings is 1. The average Bonchev–Trinajstić information content (AvgIpc) is 4.04. The lowest BCUT2D eigenvalue weighted by molar-refractivity contribution is -0.144. The Morgan fingerprint density at radius 1 is 0.816 bits per heavy atom. The maximum absolute atomic E-state index is 14.1. The molecule has 2 aliphatic heterocycles. The Kier molecular flexibility index (Phi) is 18.3. The van der Waals surface area contributed by atoms with E-state index >= 15 is 0 Å². The summed E-state index contributed by atoms with van der Waals surface area (Å²) in [5.74, 6) is -0.645. The summed E-state index contributed by atoms with van der Waals surface area (Å²) in [5, 5.41) is 22.8. The lowest BCUT2D eigenvalue weighted by atomic mass is 9.85. The van der Waals surface area contributed by atoms with Gasteiger partial charge in [0.15, 0.2) is 0 Å². The smallest absolute Gasteiger partial charge is 0.255 e. The second-order valence-electron chi connectivity index (χ2n) is 20.8. The number of aromatic nitrogens is 4. The highest BCUT2D eigenvalue weighted by molar-refractivity contribution is 7.13. The predicted molar refractivity (Wildman–Crippen MR) is 295 cm³/mol. The number of amides is 5. The molecule has 3 aromatic carbocycles. The molecule has 0 spiro atoms. The van der Waals surface area contributed by atoms with Crippen LogP contribution in [-0.2, 0) is 32.3 Å². The third kappa shape index (κ3) is 14.7. The summed E-state index contributed by atoms with van der Waals surface area (Å²) in [5.41, 5.74) is 9.72. The van der Waals surface area contributed by atoms with Gasteiger partial charge in [0, 0.05) is 106 Å². The van der Waals surface area contributed by atoms with Gasteiger partial charge in [0.1, 0.15) is 12.1 Å². The van der Waals surface area contributed by atoms with Crippen LogP contribution in [0.25, 0.3) is 21.7 Å². The topological polar surface area (TPSA) is 215 Å². The number of anilines is 3. The van der Waals surface area contributed by atoms with Gasteiger partial charge in [-0.1, -0.05) is 76.1 Å². The molecule has 2 saturated heterocycles. The van der Waals surface area contributed by atoms with E-state index in [4.69, 9.17) is 0 Å². The third-order valence-electron chi connectivity index (χ3n) is 14.0. The molecule has 5 amide bonds. The zero-order valence-electron chi connectivity index (χ0n) is 44.1. The van der Waals surface area contributed by atoms with Gasteiger partial charge in [-0.05, 0) is 96.8 Å². The second-order valence-corrected chi connectivity index (χ2v) is 21.7. The number of unbranched alkanes of at least 4 members (excludes halogenated alkanes) is 3. The highest BCUT2D eigenvalue weighted by atomic mass is 32.1. The van der Waals surface area contributed by atoms with Crippen LogP contribution in [0.4, 0.5) is 17.3 Å². The number of hydrogen-bond donors (Lipinski definition) is 5. The van der Waals surface area contributed by atoms with Gasteiger partial charge in [-0.15, -0.1) is 11.3 Å². The molecular formula is C58H69N11O6S. The zero-order chi connectivity index (χ0) is 53.8. The quantitative estimate of drug-likeness (QED) is 0.0459. The van der Waals surface area contributed by atoms with E-state index in [2.05, 4.69) is 46.1 Å². The Morgan fingerprint density at radius 2 is 1.55 bits per heavy atom. The Bertz CT molecular complexity index is 2960. The number of nitrogens with one attached hydrogen (secondary N) is 4. The molecule has 8 rings (SSSR count). The van der Waals surface area contributed by atoms with E-state index in [1.54, 1.807) is 29.9 Å². The summed E-state index contributed by atoms with van der Waals surface area (Å²) in [6, 6.07) is 25.0. The molecule has 398 valence electrons. The summed E-state index contributed by atoms with van der Waals surface area (Å²) in [6.07, 6.45) is 8.00. The summed E-state index contributed by atoms with van der Waals surface area (Å²) < 4.78 is 0. The van der Waals surface area contributed by atoms with Crippen LogP contribution in [-0.4, -0.2) is 120 Å². The molecule has 3 unspecified atom stereocenters. The first kappa shape index (κ1) is 54.8. The molecule has 18 heteroatoms. The number of benzene rings is 3. The van der Waals surface area contributed by atoms with Gasteiger partial charge in [0.2, 0.25) is 29.6 Å². The van der Waals surface area contributed by atoms with Crippen LogP contribution in [0.5, 0.6) is 0 Å². The molecule has 0 bridgehead atoms. The molecule has 76 heavy (non-hydrogen) atoms. The van der Waals surface area contributed by atoms with Gasteiger partial charge in [0.25, 0.3) is 5.91 Å². The number of rotatable bonds is 20. The number of aryl methyl sites for hydroxylation is 2. The van der Waals surface area contributed by atoms with Crippen LogP contribution >= 0.6 is 11.3 Å². The molecule has 17 nitrogen and oxygen atoms in total. The lowest BCUT2D eigenvalue weighted by Gasteiger charge is -2.35. The normalized spacial score (nSPS) is 16.2. The molecule has 0 aliphatic carbocycles. The molecule has 2 fully saturated rings. The maximum atomic E-state index is 14.1. The number of carbonyl (C=O) groups is 5. The van der Waals surface area contributed by atoms with E-state index in [0.717, 1.165) is 82.1 Å². The van der Waals surface area contributed by atoms with Crippen molar-refractivity contribution in [2.24, 2.45) is 5.41 Å². The Labute approximate surface area is 449 Å². The number of likely N-dealkylation sites (tertiary alicyclic amines) is 1. The molecule has 5 heterocycles. The largest absolute Gasteiger partial charge is 0.391 e. The molecule has 0 radical (unpaired) electrons. The number of piperazine rings is 1. The van der Waals surface area contributed by atoms with Crippen molar-refractivity contribution in [3.8, 4) is 21.7 Å². The average molecular weight is 1050 g/mol. The fourth-order valence-corrected chi connectivity index (χ4v) is 10.3. The Balaban J connectivity index is 0.710. The third-order valence-corrected chi connectivity index (χ3v) is 14.9. The molecule has 5 N–H and O–H groups in total. The second kappa shape index (κ2) is 25.4. The van der Waals surface area contributed by atoms with Gasteiger partial charge in [-0.2, -0.15) is 0 Å². The molecule has 3 atom stereocenters. The van der Waals surface area contributed by atoms with Crippen molar-refractivity contribution >= 4 is 58.2 Å². The van der Waals surface area contributed by atoms with E-state index in [1.807, 2.05) is 130 Å². The van der Waals surface area contributed by atoms with E-state index in [1.165, 1.54) is 4.90 Å². The van der Waals surface area contributed by atoms with Gasteiger partial charge in [-0.25, -0.2) is 15.0 Å². The highest BCUT2D eigenvalue weighted by Crippen LogP contribution is 2.30. The van der Waals surface area contributed by atoms with Gasteiger partial charge < -0.3 is 36.2 Å². The van der Waals surface area contributed by atoms with Crippen molar-refractivity contribution < 1.29 is 29.1 Å². The first-order chi connectivity index (χ1) is 36.6. The van der Waals surface area contributed by atoms with Crippen LogP contribution in [0.2, 0.25) is 0 Å². The Morgan fingerprint density at radius 3 is 2.25 bits per heavy atom. The van der Waals surface area contributed by atoms with E-state index in [0.29, 0.717) is 49.7 Å². The number of aliphatic hydroxyl groups excluding tert-OH is 1. The van der Waals surface area contributed by atoms with E-state index in [9.17, 15) is 29.1 Å². The minimum absolute atomic E-state index is 0.00852. The van der Waals surface area contributed by atoms with Crippen molar-refractivity contribution in [3.63, 3.8) is 0 Å². The van der Waals surface area contributed by atoms with E-state index < -0.39 is 29.5 Å². The zero-order valence-corrected chi connectivity index (χ0v) is 44.9. The first-order valence-corrected chi connectivity index (χ1v) is 27.0. The standard InChI is InChI=1S/C58H69N11O6S/c1-38-14-23-45(31-48(38)65-57-60-26-24-47(64-57)44-11-10-25-59-34-44)63-54(73)43-21-17-41(18-22-43)35-67-27-29-68(30-28-67)51(72)13-9-7-6-8-12-50(71)66-53(58(3,4)5)56(75)69-36-46(70)32-49(69)55(74)61-33-40-15-19-42(20-16-40)52-39(2)62-37-76-52/h10-11,14-26,31,34,37,46,49,53,70H,6-9,12-13,27-30,32-33,35-36H2,1-5H3,(H,61,74)(H,63,73)(H,66,71)(H,60,64,65). The van der Waals surface area contributed by atoms with Crippen molar-refractivity contribution in [2.45, 2.75) is 111 Å². The fraction of sp³-hybridized carbons (Fsp3) is 0.397. The number of aliphatic hydroxyl groups is 1. The summed E-state index contributed by atoms with van der Waals surface area (Å²) >= 11 is 1.58. The van der Waals surface area contributed by atoms with Crippen molar-refractivity contribution in [1.82, 2.24) is 45.3 Å². The molecule has 0 saturated carbocycles. The minimum Gasteiger partial charge on any atom is -0.391 e. The molecule has 6 aromatic rings.